The number of ether oxygens (including phenoxy) is 1. The fraction of sp³-hybridized carbons (Fsp3) is 0.316. The highest BCUT2D eigenvalue weighted by molar-refractivity contribution is 7.99. The second kappa shape index (κ2) is 9.57. The van der Waals surface area contributed by atoms with Crippen molar-refractivity contribution in [1.29, 1.82) is 0 Å². The normalized spacial score (nSPS) is 10.4. The van der Waals surface area contributed by atoms with Crippen LogP contribution in [0.2, 0.25) is 0 Å². The van der Waals surface area contributed by atoms with Crippen molar-refractivity contribution in [3.05, 3.63) is 45.8 Å². The zero-order chi connectivity index (χ0) is 20.0. The number of amides is 3. The van der Waals surface area contributed by atoms with Crippen molar-refractivity contribution < 1.29 is 19.1 Å². The van der Waals surface area contributed by atoms with Crippen LogP contribution in [0.25, 0.3) is 0 Å². The van der Waals surface area contributed by atoms with Crippen molar-refractivity contribution in [2.75, 3.05) is 17.7 Å². The summed E-state index contributed by atoms with van der Waals surface area (Å²) in [7, 11) is 0. The van der Waals surface area contributed by atoms with Crippen LogP contribution in [0.5, 0.6) is 0 Å². The van der Waals surface area contributed by atoms with Gasteiger partial charge in [-0.05, 0) is 44.2 Å². The highest BCUT2D eigenvalue weighted by Crippen LogP contribution is 2.33. The minimum Gasteiger partial charge on any atom is -0.450 e. The number of hydrogen-bond donors (Lipinski definition) is 2. The van der Waals surface area contributed by atoms with Crippen molar-refractivity contribution in [1.82, 2.24) is 5.32 Å². The van der Waals surface area contributed by atoms with Gasteiger partial charge in [0, 0.05) is 9.77 Å². The zero-order valence-electron chi connectivity index (χ0n) is 15.7. The minimum atomic E-state index is -0.812. The maximum absolute atomic E-state index is 12.8. The van der Waals surface area contributed by atoms with Gasteiger partial charge >= 0.3 is 6.09 Å². The Kier molecular flexibility index (Phi) is 7.44. The Labute approximate surface area is 166 Å². The lowest BCUT2D eigenvalue weighted by molar-refractivity contribution is 0.0925. The second-order valence-corrected chi connectivity index (χ2v) is 8.08. The molecule has 27 heavy (non-hydrogen) atoms. The smallest absolute Gasteiger partial charge is 0.414 e. The van der Waals surface area contributed by atoms with Gasteiger partial charge in [-0.15, -0.1) is 23.1 Å². The number of nitrogens with one attached hydrogen (secondary N) is 2. The van der Waals surface area contributed by atoms with E-state index < -0.39 is 12.0 Å². The number of anilines is 1. The topological polar surface area (TPSA) is 84.5 Å². The molecule has 2 N–H and O–H groups in total. The van der Waals surface area contributed by atoms with Gasteiger partial charge in [0.1, 0.15) is 5.00 Å². The van der Waals surface area contributed by atoms with Crippen molar-refractivity contribution in [2.45, 2.75) is 32.6 Å². The van der Waals surface area contributed by atoms with Gasteiger partial charge in [0.15, 0.2) is 0 Å². The summed E-state index contributed by atoms with van der Waals surface area (Å²) in [5.41, 5.74) is 1.54. The molecule has 0 unspecified atom stereocenters. The highest BCUT2D eigenvalue weighted by atomic mass is 32.2. The van der Waals surface area contributed by atoms with Crippen molar-refractivity contribution in [2.24, 2.45) is 0 Å². The minimum absolute atomic E-state index is 0.163. The molecule has 6 nitrogen and oxygen atoms in total. The van der Waals surface area contributed by atoms with Crippen LogP contribution in [0.4, 0.5) is 9.80 Å². The van der Waals surface area contributed by atoms with Gasteiger partial charge < -0.3 is 10.1 Å². The number of carbonyl (C=O) groups is 3. The molecule has 8 heteroatoms. The Balaban J connectivity index is 2.29. The molecular weight excluding hydrogens is 384 g/mol. The predicted molar refractivity (Wildman–Crippen MR) is 109 cm³/mol. The first-order valence-corrected chi connectivity index (χ1v) is 10.3. The summed E-state index contributed by atoms with van der Waals surface area (Å²) in [4.78, 5) is 38.6. The van der Waals surface area contributed by atoms with Gasteiger partial charge in [0.25, 0.3) is 11.8 Å². The lowest BCUT2D eigenvalue weighted by Crippen LogP contribution is -2.32. The molecular formula is C19H22N2O4S2. The maximum Gasteiger partial charge on any atom is 0.414 e. The van der Waals surface area contributed by atoms with Gasteiger partial charge in [0.05, 0.1) is 17.7 Å². The monoisotopic (exact) mass is 406 g/mol. The average molecular weight is 407 g/mol. The van der Waals surface area contributed by atoms with Crippen LogP contribution >= 0.6 is 23.1 Å². The summed E-state index contributed by atoms with van der Waals surface area (Å²) < 4.78 is 4.76. The molecule has 2 rings (SSSR count). The molecule has 0 aliphatic heterocycles. The molecule has 1 aromatic carbocycles. The van der Waals surface area contributed by atoms with Crippen molar-refractivity contribution in [3.63, 3.8) is 0 Å². The van der Waals surface area contributed by atoms with E-state index in [9.17, 15) is 14.4 Å². The first-order chi connectivity index (χ1) is 12.9. The number of alkyl carbamates (subject to hydrolysis) is 1. The number of thiophene rings is 1. The molecule has 0 saturated carbocycles. The number of rotatable bonds is 6. The molecule has 1 heterocycles. The molecule has 144 valence electrons. The van der Waals surface area contributed by atoms with Crippen LogP contribution in [0.1, 0.15) is 45.0 Å². The number of aryl methyl sites for hydroxylation is 1. The number of hydrogen-bond acceptors (Lipinski definition) is 6. The van der Waals surface area contributed by atoms with Crippen LogP contribution in [-0.4, -0.2) is 30.3 Å². The number of imide groups is 1. The molecule has 0 bridgehead atoms. The predicted octanol–water partition coefficient (Wildman–Crippen LogP) is 4.62. The zero-order valence-corrected chi connectivity index (χ0v) is 17.3. The first kappa shape index (κ1) is 21.0. The Morgan fingerprint density at radius 2 is 1.81 bits per heavy atom. The van der Waals surface area contributed by atoms with Crippen molar-refractivity contribution >= 4 is 46.0 Å². The van der Waals surface area contributed by atoms with E-state index in [0.717, 1.165) is 15.5 Å². The summed E-state index contributed by atoms with van der Waals surface area (Å²) in [6.45, 7) is 7.47. The van der Waals surface area contributed by atoms with E-state index in [0.29, 0.717) is 16.1 Å². The lowest BCUT2D eigenvalue weighted by Gasteiger charge is -2.10. The second-order valence-electron chi connectivity index (χ2n) is 5.55. The van der Waals surface area contributed by atoms with E-state index in [1.807, 2.05) is 26.0 Å². The molecule has 3 amide bonds. The summed E-state index contributed by atoms with van der Waals surface area (Å²) in [5, 5.41) is 5.42. The van der Waals surface area contributed by atoms with Gasteiger partial charge in [-0.2, -0.15) is 0 Å². The van der Waals surface area contributed by atoms with E-state index >= 15 is 0 Å². The fourth-order valence-corrected chi connectivity index (χ4v) is 4.27. The number of benzene rings is 1. The SMILES string of the molecule is CCOC(=O)NC(=O)c1c(NC(=O)c2ccccc2SCC)sc(C)c1C. The van der Waals surface area contributed by atoms with Crippen LogP contribution < -0.4 is 10.6 Å². The van der Waals surface area contributed by atoms with Crippen LogP contribution in [0, 0.1) is 13.8 Å². The molecule has 0 aliphatic rings. The Morgan fingerprint density at radius 1 is 1.11 bits per heavy atom. The highest BCUT2D eigenvalue weighted by Gasteiger charge is 2.23. The average Bonchev–Trinajstić information content (AvgIpc) is 2.89. The van der Waals surface area contributed by atoms with Crippen molar-refractivity contribution in [3.8, 4) is 0 Å². The summed E-state index contributed by atoms with van der Waals surface area (Å²) in [6.07, 6.45) is -0.812. The van der Waals surface area contributed by atoms with Gasteiger partial charge in [0.2, 0.25) is 0 Å². The van der Waals surface area contributed by atoms with Gasteiger partial charge in [-0.25, -0.2) is 4.79 Å². The largest absolute Gasteiger partial charge is 0.450 e. The third kappa shape index (κ3) is 5.11. The van der Waals surface area contributed by atoms with E-state index in [1.54, 1.807) is 37.7 Å². The van der Waals surface area contributed by atoms with Crippen LogP contribution in [0.3, 0.4) is 0 Å². The quantitative estimate of drug-likeness (QED) is 0.684. The van der Waals surface area contributed by atoms with E-state index in [-0.39, 0.29) is 18.1 Å². The van der Waals surface area contributed by atoms with Crippen LogP contribution in [-0.2, 0) is 4.74 Å². The standard InChI is InChI=1S/C19H22N2O4S2/c1-5-25-19(24)21-17(23)15-11(3)12(4)27-18(15)20-16(22)13-9-7-8-10-14(13)26-6-2/h7-10H,5-6H2,1-4H3,(H,20,22)(H,21,23,24). The third-order valence-corrected chi connectivity index (χ3v) is 5.84. The first-order valence-electron chi connectivity index (χ1n) is 8.50. The van der Waals surface area contributed by atoms with Gasteiger partial charge in [-0.1, -0.05) is 19.1 Å². The van der Waals surface area contributed by atoms with E-state index in [1.165, 1.54) is 11.3 Å². The molecule has 0 fully saturated rings. The maximum atomic E-state index is 12.8. The van der Waals surface area contributed by atoms with E-state index in [2.05, 4.69) is 10.6 Å². The Hall–Kier alpha value is -2.32. The lowest BCUT2D eigenvalue weighted by atomic mass is 10.1. The number of carbonyl (C=O) groups excluding carboxylic acids is 3. The molecule has 0 spiro atoms. The molecule has 2 aromatic rings. The fourth-order valence-electron chi connectivity index (χ4n) is 2.42. The Morgan fingerprint density at radius 3 is 2.48 bits per heavy atom. The van der Waals surface area contributed by atoms with E-state index in [4.69, 9.17) is 4.74 Å². The molecule has 0 aliphatic carbocycles. The van der Waals surface area contributed by atoms with Gasteiger partial charge in [-0.3, -0.25) is 14.9 Å². The van der Waals surface area contributed by atoms with Crippen LogP contribution in [0.15, 0.2) is 29.2 Å². The Bertz CT molecular complexity index is 861. The summed E-state index contributed by atoms with van der Waals surface area (Å²) >= 11 is 2.88. The molecule has 0 atom stereocenters. The molecule has 0 saturated heterocycles. The molecule has 0 radical (unpaired) electrons. The third-order valence-electron chi connectivity index (χ3n) is 3.76. The molecule has 1 aromatic heterocycles. The summed E-state index contributed by atoms with van der Waals surface area (Å²) in [5.74, 6) is -0.0471. The number of thioether (sulfide) groups is 1. The summed E-state index contributed by atoms with van der Waals surface area (Å²) in [6, 6.07) is 7.32.